The number of likely N-dealkylation sites (tertiary alicyclic amines) is 1. The van der Waals surface area contributed by atoms with Gasteiger partial charge in [0.1, 0.15) is 5.69 Å². The summed E-state index contributed by atoms with van der Waals surface area (Å²) in [6.45, 7) is 13.2. The fourth-order valence-electron chi connectivity index (χ4n) is 7.26. The summed E-state index contributed by atoms with van der Waals surface area (Å²) in [5.41, 5.74) is 8.72. The SMILES string of the molecule is C=C1CC2(CN1)CN(Cc1ncc(-c3cccc(-c4cccc(-c5ccc(CNC[C@@H]6CCC(=C)N6)c(OC)n5)c4Cl)c3Cl)nc1OC)C2. The van der Waals surface area contributed by atoms with E-state index in [0.717, 1.165) is 90.3 Å². The lowest BCUT2D eigenvalue weighted by molar-refractivity contribution is 0.0101. The monoisotopic (exact) mass is 697 g/mol. The Kier molecular flexibility index (Phi) is 9.53. The van der Waals surface area contributed by atoms with Gasteiger partial charge in [0.2, 0.25) is 11.8 Å². The number of halogens is 2. The van der Waals surface area contributed by atoms with Crippen LogP contribution in [0.1, 0.15) is 30.5 Å². The quantitative estimate of drug-likeness (QED) is 0.155. The van der Waals surface area contributed by atoms with Crippen molar-refractivity contribution in [2.75, 3.05) is 40.4 Å². The van der Waals surface area contributed by atoms with Gasteiger partial charge in [-0.05, 0) is 25.3 Å². The van der Waals surface area contributed by atoms with E-state index in [9.17, 15) is 0 Å². The summed E-state index contributed by atoms with van der Waals surface area (Å²) in [5.74, 6) is 1.05. The van der Waals surface area contributed by atoms with Crippen LogP contribution in [0.5, 0.6) is 11.8 Å². The fraction of sp³-hybridized carbons (Fsp3) is 0.342. The van der Waals surface area contributed by atoms with Gasteiger partial charge >= 0.3 is 0 Å². The van der Waals surface area contributed by atoms with Crippen molar-refractivity contribution < 1.29 is 9.47 Å². The molecule has 0 aliphatic carbocycles. The van der Waals surface area contributed by atoms with Gasteiger partial charge in [0.05, 0.1) is 41.8 Å². The van der Waals surface area contributed by atoms with Crippen molar-refractivity contribution in [1.82, 2.24) is 35.8 Å². The van der Waals surface area contributed by atoms with E-state index < -0.39 is 0 Å². The van der Waals surface area contributed by atoms with Crippen LogP contribution in [0, 0.1) is 5.41 Å². The van der Waals surface area contributed by atoms with E-state index in [0.29, 0.717) is 52.3 Å². The molecule has 4 aromatic rings. The first-order valence-corrected chi connectivity index (χ1v) is 17.3. The Balaban J connectivity index is 1.10. The lowest BCUT2D eigenvalue weighted by Crippen LogP contribution is -2.56. The lowest BCUT2D eigenvalue weighted by Gasteiger charge is -2.47. The second-order valence-electron chi connectivity index (χ2n) is 13.3. The first-order chi connectivity index (χ1) is 23.8. The maximum atomic E-state index is 7.11. The van der Waals surface area contributed by atoms with Crippen molar-refractivity contribution in [2.45, 2.75) is 38.4 Å². The minimum absolute atomic E-state index is 0.288. The number of methoxy groups -OCH3 is 2. The number of aromatic nitrogens is 3. The molecule has 3 fully saturated rings. The van der Waals surface area contributed by atoms with Gasteiger partial charge < -0.3 is 25.4 Å². The van der Waals surface area contributed by atoms with E-state index in [-0.39, 0.29) is 5.41 Å². The second kappa shape index (κ2) is 14.0. The Bertz CT molecular complexity index is 1910. The molecule has 0 saturated carbocycles. The van der Waals surface area contributed by atoms with Crippen molar-refractivity contribution in [1.29, 1.82) is 0 Å². The van der Waals surface area contributed by atoms with Crippen LogP contribution in [0.25, 0.3) is 33.6 Å². The van der Waals surface area contributed by atoms with Gasteiger partial charge in [0.25, 0.3) is 0 Å². The number of allylic oxidation sites excluding steroid dienone is 2. The number of pyridine rings is 1. The molecular formula is C38H41Cl2N7O2. The molecule has 49 heavy (non-hydrogen) atoms. The number of rotatable bonds is 11. The lowest BCUT2D eigenvalue weighted by atomic mass is 9.78. The number of nitrogens with one attached hydrogen (secondary N) is 3. The van der Waals surface area contributed by atoms with Gasteiger partial charge in [-0.15, -0.1) is 0 Å². The van der Waals surface area contributed by atoms with Gasteiger partial charge in [-0.1, -0.05) is 78.8 Å². The Hall–Kier alpha value is -4.15. The molecule has 3 N–H and O–H groups in total. The molecule has 11 heteroatoms. The molecule has 1 spiro atoms. The van der Waals surface area contributed by atoms with E-state index >= 15 is 0 Å². The number of ether oxygens (including phenoxy) is 2. The first-order valence-electron chi connectivity index (χ1n) is 16.6. The van der Waals surface area contributed by atoms with Crippen molar-refractivity contribution in [3.8, 4) is 45.4 Å². The van der Waals surface area contributed by atoms with Crippen molar-refractivity contribution in [2.24, 2.45) is 5.41 Å². The largest absolute Gasteiger partial charge is 0.481 e. The van der Waals surface area contributed by atoms with Gasteiger partial charge in [-0.3, -0.25) is 9.88 Å². The third kappa shape index (κ3) is 6.85. The van der Waals surface area contributed by atoms with E-state index in [1.165, 1.54) is 0 Å². The third-order valence-corrected chi connectivity index (χ3v) is 10.5. The molecule has 2 aromatic carbocycles. The highest BCUT2D eigenvalue weighted by Gasteiger charge is 2.46. The minimum Gasteiger partial charge on any atom is -0.481 e. The highest BCUT2D eigenvalue weighted by Crippen LogP contribution is 2.43. The summed E-state index contributed by atoms with van der Waals surface area (Å²) in [5, 5.41) is 11.4. The molecule has 9 nitrogen and oxygen atoms in total. The predicted octanol–water partition coefficient (Wildman–Crippen LogP) is 6.86. The molecule has 0 amide bonds. The average molecular weight is 699 g/mol. The standard InChI is InChI=1S/C38H41Cl2N7O2/c1-23-11-13-26(44-23)17-41-16-25-12-14-31(45-36(25)48-3)29-9-5-7-27(34(29)39)28-8-6-10-30(35(28)40)32-18-42-33(37(46-32)49-4)19-47-21-38(22-47)15-24(2)43-20-38/h5-10,12,14,18,26,41,43-44H,1-2,11,13,15-17,19-22H2,3-4H3/t26-/m0/s1. The summed E-state index contributed by atoms with van der Waals surface area (Å²) in [6, 6.07) is 16.1. The molecule has 3 saturated heterocycles. The average Bonchev–Trinajstić information content (AvgIpc) is 3.70. The molecule has 1 atom stereocenters. The number of benzene rings is 2. The van der Waals surface area contributed by atoms with Gasteiger partial charge in [-0.25, -0.2) is 9.97 Å². The maximum absolute atomic E-state index is 7.11. The number of nitrogens with zero attached hydrogens (tertiary/aromatic N) is 4. The van der Waals surface area contributed by atoms with Crippen molar-refractivity contribution >= 4 is 23.2 Å². The van der Waals surface area contributed by atoms with Crippen LogP contribution in [-0.2, 0) is 13.1 Å². The summed E-state index contributed by atoms with van der Waals surface area (Å²) in [6.07, 6.45) is 4.90. The second-order valence-corrected chi connectivity index (χ2v) is 14.1. The highest BCUT2D eigenvalue weighted by molar-refractivity contribution is 6.39. The molecule has 3 aliphatic rings. The van der Waals surface area contributed by atoms with E-state index in [1.54, 1.807) is 20.4 Å². The van der Waals surface area contributed by atoms with Gasteiger partial charge in [0, 0.05) is 89.9 Å². The third-order valence-electron chi connectivity index (χ3n) is 9.68. The molecule has 5 heterocycles. The maximum Gasteiger partial charge on any atom is 0.237 e. The molecule has 0 radical (unpaired) electrons. The number of hydrogen-bond donors (Lipinski definition) is 3. The number of hydrogen-bond acceptors (Lipinski definition) is 9. The van der Waals surface area contributed by atoms with Crippen LogP contribution < -0.4 is 25.4 Å². The summed E-state index contributed by atoms with van der Waals surface area (Å²) in [7, 11) is 3.26. The van der Waals surface area contributed by atoms with Crippen LogP contribution in [0.3, 0.4) is 0 Å². The van der Waals surface area contributed by atoms with Crippen molar-refractivity contribution in [3.05, 3.63) is 101 Å². The molecular weight excluding hydrogens is 657 g/mol. The smallest absolute Gasteiger partial charge is 0.237 e. The Morgan fingerprint density at radius 2 is 1.57 bits per heavy atom. The predicted molar refractivity (Wildman–Crippen MR) is 196 cm³/mol. The van der Waals surface area contributed by atoms with E-state index in [2.05, 4.69) is 34.0 Å². The summed E-state index contributed by atoms with van der Waals surface area (Å²) < 4.78 is 11.4. The first kappa shape index (κ1) is 33.4. The van der Waals surface area contributed by atoms with Crippen LogP contribution >= 0.6 is 23.2 Å². The van der Waals surface area contributed by atoms with Gasteiger partial charge in [0.15, 0.2) is 0 Å². The van der Waals surface area contributed by atoms with Crippen LogP contribution in [0.4, 0.5) is 0 Å². The van der Waals surface area contributed by atoms with Crippen LogP contribution in [0.15, 0.2) is 79.3 Å². The molecule has 2 aromatic heterocycles. The van der Waals surface area contributed by atoms with Crippen molar-refractivity contribution in [3.63, 3.8) is 0 Å². The van der Waals surface area contributed by atoms with Crippen LogP contribution in [0.2, 0.25) is 10.0 Å². The zero-order valence-electron chi connectivity index (χ0n) is 27.9. The Morgan fingerprint density at radius 3 is 2.20 bits per heavy atom. The molecule has 7 rings (SSSR count). The normalized spacial score (nSPS) is 18.3. The summed E-state index contributed by atoms with van der Waals surface area (Å²) >= 11 is 14.2. The van der Waals surface area contributed by atoms with Crippen LogP contribution in [-0.4, -0.2) is 66.3 Å². The van der Waals surface area contributed by atoms with E-state index in [4.69, 9.17) is 47.6 Å². The van der Waals surface area contributed by atoms with E-state index in [1.807, 2.05) is 48.5 Å². The summed E-state index contributed by atoms with van der Waals surface area (Å²) in [4.78, 5) is 16.8. The highest BCUT2D eigenvalue weighted by atomic mass is 35.5. The van der Waals surface area contributed by atoms with Gasteiger partial charge in [-0.2, -0.15) is 0 Å². The zero-order chi connectivity index (χ0) is 34.1. The Morgan fingerprint density at radius 1 is 0.898 bits per heavy atom. The topological polar surface area (TPSA) is 96.5 Å². The fourth-order valence-corrected chi connectivity index (χ4v) is 7.91. The minimum atomic E-state index is 0.288. The molecule has 0 unspecified atom stereocenters. The molecule has 0 bridgehead atoms. The molecule has 3 aliphatic heterocycles. The molecule has 254 valence electrons. The zero-order valence-corrected chi connectivity index (χ0v) is 29.4. The Labute approximate surface area is 297 Å².